The van der Waals surface area contributed by atoms with Gasteiger partial charge in [-0.2, -0.15) is 0 Å². The van der Waals surface area contributed by atoms with Gasteiger partial charge < -0.3 is 8.85 Å². The van der Waals surface area contributed by atoms with Gasteiger partial charge in [0.2, 0.25) is 0 Å². The normalized spacial score (nSPS) is 25.1. The van der Waals surface area contributed by atoms with Gasteiger partial charge in [0.1, 0.15) is 0 Å². The van der Waals surface area contributed by atoms with E-state index in [4.69, 9.17) is 19.9 Å². The molecule has 2 rings (SSSR count). The fourth-order valence-electron chi connectivity index (χ4n) is 2.74. The van der Waals surface area contributed by atoms with Crippen LogP contribution in [0.25, 0.3) is 0 Å². The van der Waals surface area contributed by atoms with Crippen LogP contribution < -0.4 is 0 Å². The average Bonchev–Trinajstić information content (AvgIpc) is 2.31. The Hall–Kier alpha value is 0.427. The summed E-state index contributed by atoms with van der Waals surface area (Å²) in [6.45, 7) is 0. The van der Waals surface area contributed by atoms with Crippen molar-refractivity contribution in [3.8, 4) is 0 Å². The van der Waals surface area contributed by atoms with Crippen molar-refractivity contribution in [3.63, 3.8) is 0 Å². The summed E-state index contributed by atoms with van der Waals surface area (Å²) < 4.78 is 11.8. The largest absolute Gasteiger partial charge is 0.427 e. The molecule has 4 heteroatoms. The van der Waals surface area contributed by atoms with Crippen LogP contribution in [-0.2, 0) is 8.85 Å². The van der Waals surface area contributed by atoms with Crippen molar-refractivity contribution in [1.29, 1.82) is 0 Å². The molecular formula is C12H23ClO2Si. The van der Waals surface area contributed by atoms with Gasteiger partial charge in [-0.3, -0.25) is 0 Å². The van der Waals surface area contributed by atoms with Crippen molar-refractivity contribution < 1.29 is 8.85 Å². The Morgan fingerprint density at radius 2 is 1.06 bits per heavy atom. The second-order valence-electron chi connectivity index (χ2n) is 5.07. The zero-order chi connectivity index (χ0) is 11.2. The average molecular weight is 263 g/mol. The molecule has 0 unspecified atom stereocenters. The molecule has 0 bridgehead atoms. The Morgan fingerprint density at radius 3 is 1.44 bits per heavy atom. The minimum atomic E-state index is -1.88. The van der Waals surface area contributed by atoms with Crippen LogP contribution in [0.3, 0.4) is 0 Å². The first-order chi connectivity index (χ1) is 7.84. The highest BCUT2D eigenvalue weighted by atomic mass is 35.6. The third-order valence-corrected chi connectivity index (χ3v) is 5.52. The second-order valence-corrected chi connectivity index (χ2v) is 7.23. The Balaban J connectivity index is 1.64. The van der Waals surface area contributed by atoms with Gasteiger partial charge >= 0.3 is 8.59 Å². The van der Waals surface area contributed by atoms with E-state index in [1.807, 2.05) is 0 Å². The molecule has 0 aromatic rings. The molecule has 16 heavy (non-hydrogen) atoms. The summed E-state index contributed by atoms with van der Waals surface area (Å²) in [5.41, 5.74) is 0. The van der Waals surface area contributed by atoms with Crippen molar-refractivity contribution in [3.05, 3.63) is 0 Å². The van der Waals surface area contributed by atoms with Crippen LogP contribution >= 0.6 is 11.1 Å². The lowest BCUT2D eigenvalue weighted by Gasteiger charge is -2.28. The van der Waals surface area contributed by atoms with Crippen LogP contribution in [0.2, 0.25) is 0 Å². The molecule has 0 spiro atoms. The zero-order valence-corrected chi connectivity index (χ0v) is 11.9. The minimum absolute atomic E-state index is 0.395. The van der Waals surface area contributed by atoms with Crippen molar-refractivity contribution in [2.24, 2.45) is 0 Å². The predicted octanol–water partition coefficient (Wildman–Crippen LogP) is 3.64. The Kier molecular flexibility index (Phi) is 5.63. The summed E-state index contributed by atoms with van der Waals surface area (Å²) in [4.78, 5) is 0. The van der Waals surface area contributed by atoms with Crippen LogP contribution in [0.4, 0.5) is 0 Å². The number of rotatable bonds is 4. The third kappa shape index (κ3) is 4.36. The number of hydrogen-bond donors (Lipinski definition) is 0. The zero-order valence-electron chi connectivity index (χ0n) is 10.00. The molecule has 0 aliphatic heterocycles. The first kappa shape index (κ1) is 12.9. The fourth-order valence-corrected chi connectivity index (χ4v) is 4.82. The van der Waals surface area contributed by atoms with E-state index in [-0.39, 0.29) is 0 Å². The van der Waals surface area contributed by atoms with Gasteiger partial charge in [0.25, 0.3) is 0 Å². The third-order valence-electron chi connectivity index (χ3n) is 3.70. The van der Waals surface area contributed by atoms with Gasteiger partial charge in [0.15, 0.2) is 0 Å². The highest BCUT2D eigenvalue weighted by Crippen LogP contribution is 2.25. The van der Waals surface area contributed by atoms with E-state index in [2.05, 4.69) is 0 Å². The molecule has 0 amide bonds. The summed E-state index contributed by atoms with van der Waals surface area (Å²) in [6, 6.07) is 0. The topological polar surface area (TPSA) is 18.5 Å². The molecule has 0 aromatic carbocycles. The van der Waals surface area contributed by atoms with Crippen LogP contribution in [0.5, 0.6) is 0 Å². The monoisotopic (exact) mass is 262 g/mol. The van der Waals surface area contributed by atoms with Gasteiger partial charge in [0, 0.05) is 12.2 Å². The van der Waals surface area contributed by atoms with E-state index in [0.29, 0.717) is 12.2 Å². The molecule has 2 fully saturated rings. The van der Waals surface area contributed by atoms with Gasteiger partial charge in [-0.25, -0.2) is 0 Å². The van der Waals surface area contributed by atoms with Crippen molar-refractivity contribution in [1.82, 2.24) is 0 Å². The maximum atomic E-state index is 6.24. The molecule has 0 atom stereocenters. The van der Waals surface area contributed by atoms with E-state index >= 15 is 0 Å². The van der Waals surface area contributed by atoms with Crippen molar-refractivity contribution in [2.75, 3.05) is 0 Å². The highest BCUT2D eigenvalue weighted by molar-refractivity contribution is 6.99. The summed E-state index contributed by atoms with van der Waals surface area (Å²) >= 11 is 6.24. The standard InChI is InChI=1S/C12H23ClO2Si/c13-16(14-11-7-3-1-4-8-11)15-12-9-5-2-6-10-12/h11-12,16H,1-10H2. The smallest absolute Gasteiger partial charge is 0.382 e. The Bertz CT molecular complexity index is 171. The lowest BCUT2D eigenvalue weighted by atomic mass is 9.98. The van der Waals surface area contributed by atoms with Crippen LogP contribution in [0, 0.1) is 0 Å². The molecule has 2 aliphatic rings. The molecule has 2 aliphatic carbocycles. The molecule has 0 radical (unpaired) electrons. The predicted molar refractivity (Wildman–Crippen MR) is 68.9 cm³/mol. The van der Waals surface area contributed by atoms with Crippen molar-refractivity contribution in [2.45, 2.75) is 76.4 Å². The number of hydrogen-bond acceptors (Lipinski definition) is 2. The Morgan fingerprint density at radius 1 is 0.688 bits per heavy atom. The van der Waals surface area contributed by atoms with Crippen LogP contribution in [-0.4, -0.2) is 20.8 Å². The SMILES string of the molecule is Cl[SiH](OC1CCCCC1)OC1CCCCC1. The van der Waals surface area contributed by atoms with E-state index in [1.165, 1.54) is 64.2 Å². The second kappa shape index (κ2) is 6.99. The molecule has 0 heterocycles. The summed E-state index contributed by atoms with van der Waals surface area (Å²) in [5.74, 6) is 0. The van der Waals surface area contributed by atoms with Crippen LogP contribution in [0.15, 0.2) is 0 Å². The summed E-state index contributed by atoms with van der Waals surface area (Å²) in [7, 11) is -1.88. The van der Waals surface area contributed by atoms with Gasteiger partial charge in [-0.05, 0) is 25.7 Å². The molecular weight excluding hydrogens is 240 g/mol. The maximum absolute atomic E-state index is 6.24. The van der Waals surface area contributed by atoms with E-state index < -0.39 is 8.59 Å². The lowest BCUT2D eigenvalue weighted by molar-refractivity contribution is 0.0767. The molecule has 0 saturated heterocycles. The first-order valence-corrected chi connectivity index (χ1v) is 9.48. The van der Waals surface area contributed by atoms with Gasteiger partial charge in [-0.1, -0.05) is 38.5 Å². The van der Waals surface area contributed by atoms with Crippen molar-refractivity contribution >= 4 is 19.7 Å². The van der Waals surface area contributed by atoms with E-state index in [9.17, 15) is 0 Å². The lowest BCUT2D eigenvalue weighted by Crippen LogP contribution is -2.31. The molecule has 2 nitrogen and oxygen atoms in total. The maximum Gasteiger partial charge on any atom is 0.427 e. The fraction of sp³-hybridized carbons (Fsp3) is 1.00. The van der Waals surface area contributed by atoms with Crippen LogP contribution in [0.1, 0.15) is 64.2 Å². The molecule has 0 aromatic heterocycles. The number of halogens is 1. The van der Waals surface area contributed by atoms with E-state index in [1.54, 1.807) is 0 Å². The van der Waals surface area contributed by atoms with Gasteiger partial charge in [-0.15, -0.1) is 11.1 Å². The quantitative estimate of drug-likeness (QED) is 0.569. The van der Waals surface area contributed by atoms with Gasteiger partial charge in [0.05, 0.1) is 0 Å². The van der Waals surface area contributed by atoms with E-state index in [0.717, 1.165) is 0 Å². The molecule has 94 valence electrons. The molecule has 0 N–H and O–H groups in total. The minimum Gasteiger partial charge on any atom is -0.382 e. The summed E-state index contributed by atoms with van der Waals surface area (Å²) in [6.07, 6.45) is 13.4. The summed E-state index contributed by atoms with van der Waals surface area (Å²) in [5, 5.41) is 0. The Labute approximate surface area is 105 Å². The first-order valence-electron chi connectivity index (χ1n) is 6.79. The molecule has 2 saturated carbocycles. The highest BCUT2D eigenvalue weighted by Gasteiger charge is 2.24.